The Hall–Kier alpha value is -3.38. The smallest absolute Gasteiger partial charge is 0.484 e. The molecule has 0 unspecified atom stereocenters. The highest BCUT2D eigenvalue weighted by Crippen LogP contribution is 2.31. The van der Waals surface area contributed by atoms with Crippen molar-refractivity contribution in [3.05, 3.63) is 59.1 Å². The number of nitrogens with zero attached hydrogens (tertiary/aromatic N) is 6. The fraction of sp³-hybridized carbons (Fsp3) is 0.350. The molecule has 1 saturated heterocycles. The average Bonchev–Trinajstić information content (AvgIpc) is 3.50. The first-order chi connectivity index (χ1) is 15.6. The number of carbonyl (C=O) groups is 1. The van der Waals surface area contributed by atoms with E-state index in [1.165, 1.54) is 29.2 Å². The molecule has 10 nitrogen and oxygen atoms in total. The van der Waals surface area contributed by atoms with Crippen molar-refractivity contribution in [2.24, 2.45) is 0 Å². The van der Waals surface area contributed by atoms with Gasteiger partial charge in [-0.25, -0.2) is 18.9 Å². The van der Waals surface area contributed by atoms with Crippen LogP contribution in [0.3, 0.4) is 0 Å². The molecular formula is C20H21FN6O4S. The second kappa shape index (κ2) is 10.3. The lowest BCUT2D eigenvalue weighted by Crippen LogP contribution is -2.35. The molecule has 3 heterocycles. The maximum Gasteiger partial charge on any atom is 0.528 e. The Morgan fingerprint density at radius 2 is 2.19 bits per heavy atom. The van der Waals surface area contributed by atoms with Crippen LogP contribution < -0.4 is 4.74 Å². The van der Waals surface area contributed by atoms with E-state index >= 15 is 0 Å². The number of aromatic nitrogens is 5. The van der Waals surface area contributed by atoms with Crippen LogP contribution in [0, 0.1) is 5.82 Å². The summed E-state index contributed by atoms with van der Waals surface area (Å²) in [7, 11) is 0. The Morgan fingerprint density at radius 3 is 2.91 bits per heavy atom. The number of rotatable bonds is 8. The zero-order valence-electron chi connectivity index (χ0n) is 17.1. The molecule has 32 heavy (non-hydrogen) atoms. The number of tetrazole rings is 1. The van der Waals surface area contributed by atoms with Gasteiger partial charge in [-0.15, -0.1) is 21.5 Å². The largest absolute Gasteiger partial charge is 0.528 e. The number of hydrogen-bond donors (Lipinski definition) is 0. The summed E-state index contributed by atoms with van der Waals surface area (Å²) in [6.45, 7) is 4.96. The number of ether oxygens (including phenoxy) is 2. The quantitative estimate of drug-likeness (QED) is 0.370. The van der Waals surface area contributed by atoms with Gasteiger partial charge < -0.3 is 14.3 Å². The number of hydroxylamine groups is 2. The lowest BCUT2D eigenvalue weighted by atomic mass is 9.99. The molecule has 0 bridgehead atoms. The van der Waals surface area contributed by atoms with Crippen molar-refractivity contribution in [3.8, 4) is 11.4 Å². The Morgan fingerprint density at radius 1 is 1.34 bits per heavy atom. The molecule has 0 radical (unpaired) electrons. The van der Waals surface area contributed by atoms with Crippen molar-refractivity contribution in [3.63, 3.8) is 0 Å². The van der Waals surface area contributed by atoms with Crippen molar-refractivity contribution in [2.45, 2.75) is 25.4 Å². The van der Waals surface area contributed by atoms with E-state index in [9.17, 15) is 9.18 Å². The number of thiazole rings is 1. The minimum Gasteiger partial charge on any atom is -0.484 e. The first-order valence-electron chi connectivity index (χ1n) is 9.93. The van der Waals surface area contributed by atoms with Crippen LogP contribution in [0.2, 0.25) is 0 Å². The number of benzene rings is 1. The van der Waals surface area contributed by atoms with E-state index in [4.69, 9.17) is 14.3 Å². The van der Waals surface area contributed by atoms with Gasteiger partial charge in [-0.05, 0) is 35.4 Å². The van der Waals surface area contributed by atoms with Crippen LogP contribution in [0.15, 0.2) is 42.6 Å². The average molecular weight is 460 g/mol. The molecule has 1 aliphatic rings. The number of carbonyl (C=O) groups excluding carboxylic acids is 1. The third-order valence-electron chi connectivity index (χ3n) is 4.80. The maximum atomic E-state index is 14.4. The van der Waals surface area contributed by atoms with Crippen LogP contribution in [-0.4, -0.2) is 56.1 Å². The molecule has 3 aromatic rings. The molecule has 0 aliphatic carbocycles. The van der Waals surface area contributed by atoms with Gasteiger partial charge in [-0.1, -0.05) is 12.7 Å². The fourth-order valence-electron chi connectivity index (χ4n) is 3.21. The van der Waals surface area contributed by atoms with E-state index in [1.54, 1.807) is 22.5 Å². The molecule has 0 amide bonds. The highest BCUT2D eigenvalue weighted by molar-refractivity contribution is 7.09. The van der Waals surface area contributed by atoms with Crippen LogP contribution in [0.25, 0.3) is 5.69 Å². The predicted octanol–water partition coefficient (Wildman–Crippen LogP) is 3.27. The summed E-state index contributed by atoms with van der Waals surface area (Å²) in [5, 5.41) is 15.3. The van der Waals surface area contributed by atoms with Crippen molar-refractivity contribution in [2.75, 3.05) is 19.7 Å². The molecule has 0 atom stereocenters. The third-order valence-corrected chi connectivity index (χ3v) is 5.86. The highest BCUT2D eigenvalue weighted by Gasteiger charge is 2.25. The van der Waals surface area contributed by atoms with Gasteiger partial charge in [0.1, 0.15) is 19.5 Å². The SMILES string of the molecule is C=CCOC(=O)ON1CCC(c2nc(COc3ccc(-n4cnnn4)cc3F)cs2)CC1. The standard InChI is InChI=1S/C20H21FN6O4S/c1-2-9-29-20(28)31-26-7-5-14(6-8-26)19-23-15(12-32-19)11-30-18-4-3-16(10-17(18)21)27-13-22-24-25-27/h2-4,10,12-14H,1,5-9,11H2. The molecule has 0 N–H and O–H groups in total. The minimum absolute atomic E-state index is 0.118. The van der Waals surface area contributed by atoms with E-state index in [-0.39, 0.29) is 24.9 Å². The summed E-state index contributed by atoms with van der Waals surface area (Å²) < 4.78 is 26.2. The maximum absolute atomic E-state index is 14.4. The monoisotopic (exact) mass is 460 g/mol. The molecule has 0 spiro atoms. The first kappa shape index (κ1) is 21.8. The van der Waals surface area contributed by atoms with Gasteiger partial charge in [0, 0.05) is 30.5 Å². The van der Waals surface area contributed by atoms with Gasteiger partial charge in [0.2, 0.25) is 0 Å². The Labute approximate surface area is 187 Å². The predicted molar refractivity (Wildman–Crippen MR) is 112 cm³/mol. The third kappa shape index (κ3) is 5.45. The van der Waals surface area contributed by atoms with Crippen LogP contribution in [0.5, 0.6) is 5.75 Å². The van der Waals surface area contributed by atoms with Gasteiger partial charge in [-0.3, -0.25) is 0 Å². The van der Waals surface area contributed by atoms with Crippen LogP contribution >= 0.6 is 11.3 Å². The first-order valence-corrected chi connectivity index (χ1v) is 10.8. The summed E-state index contributed by atoms with van der Waals surface area (Å²) in [5.74, 6) is -0.109. The molecule has 1 fully saturated rings. The summed E-state index contributed by atoms with van der Waals surface area (Å²) in [6, 6.07) is 4.51. The van der Waals surface area contributed by atoms with Gasteiger partial charge in [0.05, 0.1) is 16.4 Å². The number of hydrogen-bond acceptors (Lipinski definition) is 10. The molecular weight excluding hydrogens is 439 g/mol. The zero-order valence-corrected chi connectivity index (χ0v) is 17.9. The van der Waals surface area contributed by atoms with Gasteiger partial charge in [0.15, 0.2) is 11.6 Å². The molecule has 4 rings (SSSR count). The van der Waals surface area contributed by atoms with E-state index < -0.39 is 12.0 Å². The van der Waals surface area contributed by atoms with E-state index in [2.05, 4.69) is 27.1 Å². The summed E-state index contributed by atoms with van der Waals surface area (Å²) >= 11 is 1.55. The van der Waals surface area contributed by atoms with E-state index in [0.717, 1.165) is 23.5 Å². The van der Waals surface area contributed by atoms with Crippen LogP contribution in [-0.2, 0) is 16.2 Å². The molecule has 0 saturated carbocycles. The lowest BCUT2D eigenvalue weighted by molar-refractivity contribution is -0.137. The Kier molecular flexibility index (Phi) is 7.02. The van der Waals surface area contributed by atoms with Gasteiger partial charge >= 0.3 is 6.16 Å². The topological polar surface area (TPSA) is 104 Å². The van der Waals surface area contributed by atoms with Gasteiger partial charge in [0.25, 0.3) is 0 Å². The van der Waals surface area contributed by atoms with Crippen LogP contribution in [0.4, 0.5) is 9.18 Å². The number of piperidine rings is 1. The second-order valence-electron chi connectivity index (χ2n) is 6.98. The lowest BCUT2D eigenvalue weighted by Gasteiger charge is -2.28. The van der Waals surface area contributed by atoms with Crippen molar-refractivity contribution >= 4 is 17.5 Å². The van der Waals surface area contributed by atoms with Crippen molar-refractivity contribution < 1.29 is 23.5 Å². The van der Waals surface area contributed by atoms with Crippen LogP contribution in [0.1, 0.15) is 29.5 Å². The summed E-state index contributed by atoms with van der Waals surface area (Å²) in [4.78, 5) is 21.3. The molecule has 12 heteroatoms. The molecule has 1 aliphatic heterocycles. The molecule has 1 aromatic carbocycles. The van der Waals surface area contributed by atoms with Gasteiger partial charge in [-0.2, -0.15) is 0 Å². The molecule has 168 valence electrons. The zero-order chi connectivity index (χ0) is 22.3. The normalized spacial score (nSPS) is 14.8. The van der Waals surface area contributed by atoms with Crippen molar-refractivity contribution in [1.29, 1.82) is 0 Å². The summed E-state index contributed by atoms with van der Waals surface area (Å²) in [6.07, 6.45) is 3.75. The molecule has 2 aromatic heterocycles. The minimum atomic E-state index is -0.727. The van der Waals surface area contributed by atoms with Crippen molar-refractivity contribution in [1.82, 2.24) is 30.3 Å². The van der Waals surface area contributed by atoms with E-state index in [1.807, 2.05) is 5.38 Å². The fourth-order valence-corrected chi connectivity index (χ4v) is 4.19. The summed E-state index contributed by atoms with van der Waals surface area (Å²) in [5.41, 5.74) is 1.24. The van der Waals surface area contributed by atoms with E-state index in [0.29, 0.717) is 18.8 Å². The number of halogens is 1. The Bertz CT molecular complexity index is 1050. The highest BCUT2D eigenvalue weighted by atomic mass is 32.1. The second-order valence-corrected chi connectivity index (χ2v) is 7.87. The Balaban J connectivity index is 1.27.